The van der Waals surface area contributed by atoms with Gasteiger partial charge in [0.15, 0.2) is 0 Å². The molecule has 2 rings (SSSR count). The lowest BCUT2D eigenvalue weighted by Gasteiger charge is -1.97. The van der Waals surface area contributed by atoms with Crippen LogP contribution in [0.15, 0.2) is 46.9 Å². The van der Waals surface area contributed by atoms with E-state index in [0.717, 1.165) is 0 Å². The van der Waals surface area contributed by atoms with Gasteiger partial charge in [-0.3, -0.25) is 10.1 Å². The second-order valence-electron chi connectivity index (χ2n) is 4.09. The van der Waals surface area contributed by atoms with Gasteiger partial charge in [0.25, 0.3) is 5.69 Å². The van der Waals surface area contributed by atoms with Gasteiger partial charge >= 0.3 is 5.97 Å². The van der Waals surface area contributed by atoms with Crippen molar-refractivity contribution in [3.8, 4) is 11.3 Å². The average Bonchev–Trinajstić information content (AvgIpc) is 2.94. The number of carbonyl (C=O) groups is 1. The molecule has 0 N–H and O–H groups in total. The van der Waals surface area contributed by atoms with Crippen molar-refractivity contribution in [2.45, 2.75) is 6.92 Å². The number of rotatable bonds is 5. The lowest BCUT2D eigenvalue weighted by molar-refractivity contribution is -0.384. The maximum atomic E-state index is 11.2. The number of benzene rings is 1. The minimum Gasteiger partial charge on any atom is -0.463 e. The quantitative estimate of drug-likeness (QED) is 0.364. The molecule has 0 amide bonds. The van der Waals surface area contributed by atoms with Crippen LogP contribution in [0.3, 0.4) is 0 Å². The predicted octanol–water partition coefficient (Wildman–Crippen LogP) is 3.43. The Morgan fingerprint density at radius 2 is 2.19 bits per heavy atom. The number of nitro groups is 1. The van der Waals surface area contributed by atoms with E-state index >= 15 is 0 Å². The number of carbonyl (C=O) groups excluding carboxylic acids is 1. The standard InChI is InChI=1S/C15H13NO5/c1-2-20-15(17)9-7-13-6-8-14(21-13)11-4-3-5-12(10-11)16(18)19/h3-10H,2H2,1H3/b9-7+. The van der Waals surface area contributed by atoms with Gasteiger partial charge in [-0.1, -0.05) is 12.1 Å². The normalized spacial score (nSPS) is 10.7. The maximum absolute atomic E-state index is 11.2. The van der Waals surface area contributed by atoms with Crippen LogP contribution < -0.4 is 0 Å². The van der Waals surface area contributed by atoms with Crippen molar-refractivity contribution in [2.75, 3.05) is 6.61 Å². The summed E-state index contributed by atoms with van der Waals surface area (Å²) < 4.78 is 10.3. The highest BCUT2D eigenvalue weighted by Crippen LogP contribution is 2.26. The Balaban J connectivity index is 2.18. The highest BCUT2D eigenvalue weighted by Gasteiger charge is 2.09. The summed E-state index contributed by atoms with van der Waals surface area (Å²) in [6, 6.07) is 9.49. The molecule has 0 saturated heterocycles. The SMILES string of the molecule is CCOC(=O)/C=C/c1ccc(-c2cccc([N+](=O)[O-])c2)o1. The molecule has 0 spiro atoms. The molecular weight excluding hydrogens is 274 g/mol. The third kappa shape index (κ3) is 3.79. The van der Waals surface area contributed by atoms with Gasteiger partial charge in [-0.15, -0.1) is 0 Å². The molecule has 6 nitrogen and oxygen atoms in total. The average molecular weight is 287 g/mol. The molecule has 0 fully saturated rings. The fourth-order valence-electron chi connectivity index (χ4n) is 1.71. The van der Waals surface area contributed by atoms with Crippen molar-refractivity contribution in [1.29, 1.82) is 0 Å². The molecule has 0 bridgehead atoms. The molecule has 6 heteroatoms. The van der Waals surface area contributed by atoms with Crippen LogP contribution in [-0.4, -0.2) is 17.5 Å². The van der Waals surface area contributed by atoms with Crippen LogP contribution in [0.25, 0.3) is 17.4 Å². The van der Waals surface area contributed by atoms with Crippen LogP contribution in [-0.2, 0) is 9.53 Å². The first-order valence-electron chi connectivity index (χ1n) is 6.29. The monoisotopic (exact) mass is 287 g/mol. The van der Waals surface area contributed by atoms with Crippen molar-refractivity contribution in [1.82, 2.24) is 0 Å². The lowest BCUT2D eigenvalue weighted by Crippen LogP contribution is -1.98. The molecule has 0 saturated carbocycles. The molecule has 2 aromatic rings. The summed E-state index contributed by atoms with van der Waals surface area (Å²) in [4.78, 5) is 21.5. The molecule has 1 heterocycles. The summed E-state index contributed by atoms with van der Waals surface area (Å²) in [5.41, 5.74) is 0.590. The van der Waals surface area contributed by atoms with E-state index in [1.54, 1.807) is 31.2 Å². The summed E-state index contributed by atoms with van der Waals surface area (Å²) >= 11 is 0. The van der Waals surface area contributed by atoms with Crippen LogP contribution in [0.5, 0.6) is 0 Å². The van der Waals surface area contributed by atoms with Gasteiger partial charge in [0.1, 0.15) is 11.5 Å². The number of furan rings is 1. The number of ether oxygens (including phenoxy) is 1. The topological polar surface area (TPSA) is 82.6 Å². The van der Waals surface area contributed by atoms with E-state index in [4.69, 9.17) is 9.15 Å². The smallest absolute Gasteiger partial charge is 0.330 e. The molecule has 0 radical (unpaired) electrons. The molecule has 0 unspecified atom stereocenters. The highest BCUT2D eigenvalue weighted by atomic mass is 16.6. The Kier molecular flexibility index (Phi) is 4.50. The Morgan fingerprint density at radius 3 is 2.90 bits per heavy atom. The zero-order chi connectivity index (χ0) is 15.2. The zero-order valence-electron chi connectivity index (χ0n) is 11.3. The van der Waals surface area contributed by atoms with Crippen molar-refractivity contribution < 1.29 is 18.9 Å². The first kappa shape index (κ1) is 14.5. The van der Waals surface area contributed by atoms with Crippen LogP contribution in [0, 0.1) is 10.1 Å². The van der Waals surface area contributed by atoms with Gasteiger partial charge in [0.05, 0.1) is 11.5 Å². The predicted molar refractivity (Wildman–Crippen MR) is 76.5 cm³/mol. The number of hydrogen-bond acceptors (Lipinski definition) is 5. The molecular formula is C15H13NO5. The molecule has 0 aliphatic heterocycles. The van der Waals surface area contributed by atoms with E-state index in [1.165, 1.54) is 24.3 Å². The minimum atomic E-state index is -0.464. The highest BCUT2D eigenvalue weighted by molar-refractivity contribution is 5.86. The Labute approximate surface area is 120 Å². The fraction of sp³-hybridized carbons (Fsp3) is 0.133. The molecule has 0 aliphatic carbocycles. The van der Waals surface area contributed by atoms with Crippen molar-refractivity contribution in [3.63, 3.8) is 0 Å². The van der Waals surface area contributed by atoms with Gasteiger partial charge in [-0.2, -0.15) is 0 Å². The zero-order valence-corrected chi connectivity index (χ0v) is 11.3. The van der Waals surface area contributed by atoms with E-state index in [-0.39, 0.29) is 5.69 Å². The molecule has 1 aromatic carbocycles. The van der Waals surface area contributed by atoms with Crippen LogP contribution in [0.1, 0.15) is 12.7 Å². The Morgan fingerprint density at radius 1 is 1.38 bits per heavy atom. The lowest BCUT2D eigenvalue weighted by atomic mass is 10.1. The van der Waals surface area contributed by atoms with E-state index in [9.17, 15) is 14.9 Å². The van der Waals surface area contributed by atoms with Gasteiger partial charge < -0.3 is 9.15 Å². The van der Waals surface area contributed by atoms with E-state index < -0.39 is 10.9 Å². The minimum absolute atomic E-state index is 0.00693. The number of esters is 1. The Hall–Kier alpha value is -2.89. The molecule has 0 aliphatic rings. The van der Waals surface area contributed by atoms with Crippen LogP contribution in [0.2, 0.25) is 0 Å². The second kappa shape index (κ2) is 6.51. The molecule has 1 aromatic heterocycles. The van der Waals surface area contributed by atoms with E-state index in [2.05, 4.69) is 0 Å². The van der Waals surface area contributed by atoms with Gasteiger partial charge in [0.2, 0.25) is 0 Å². The van der Waals surface area contributed by atoms with Crippen molar-refractivity contribution in [3.05, 3.63) is 58.3 Å². The van der Waals surface area contributed by atoms with Crippen LogP contribution >= 0.6 is 0 Å². The van der Waals surface area contributed by atoms with Crippen molar-refractivity contribution in [2.24, 2.45) is 0 Å². The third-order valence-electron chi connectivity index (χ3n) is 2.64. The van der Waals surface area contributed by atoms with E-state index in [0.29, 0.717) is 23.7 Å². The summed E-state index contributed by atoms with van der Waals surface area (Å²) in [6.45, 7) is 2.03. The van der Waals surface area contributed by atoms with Gasteiger partial charge in [0, 0.05) is 23.8 Å². The summed E-state index contributed by atoms with van der Waals surface area (Å²) in [5, 5.41) is 10.7. The number of nitro benzene ring substituents is 1. The molecule has 108 valence electrons. The first-order chi connectivity index (χ1) is 10.1. The number of hydrogen-bond donors (Lipinski definition) is 0. The maximum Gasteiger partial charge on any atom is 0.330 e. The van der Waals surface area contributed by atoms with Gasteiger partial charge in [-0.25, -0.2) is 4.79 Å². The van der Waals surface area contributed by atoms with Crippen LogP contribution in [0.4, 0.5) is 5.69 Å². The van der Waals surface area contributed by atoms with E-state index in [1.807, 2.05) is 0 Å². The summed E-state index contributed by atoms with van der Waals surface area (Å²) in [6.07, 6.45) is 2.75. The summed E-state index contributed by atoms with van der Waals surface area (Å²) in [7, 11) is 0. The largest absolute Gasteiger partial charge is 0.463 e. The second-order valence-corrected chi connectivity index (χ2v) is 4.09. The summed E-state index contributed by atoms with van der Waals surface area (Å²) in [5.74, 6) is 0.498. The number of non-ortho nitro benzene ring substituents is 1. The van der Waals surface area contributed by atoms with Crippen molar-refractivity contribution >= 4 is 17.7 Å². The van der Waals surface area contributed by atoms with Gasteiger partial charge in [-0.05, 0) is 25.1 Å². The molecule has 0 atom stereocenters. The third-order valence-corrected chi connectivity index (χ3v) is 2.64. The first-order valence-corrected chi connectivity index (χ1v) is 6.29. The fourth-order valence-corrected chi connectivity index (χ4v) is 1.71. The Bertz CT molecular complexity index is 687. The number of nitrogens with zero attached hydrogens (tertiary/aromatic N) is 1. The molecule has 21 heavy (non-hydrogen) atoms.